The molecule has 0 aliphatic carbocycles. The molecule has 1 rings (SSSR count). The molecule has 0 aromatic heterocycles. The number of nitrogens with one attached hydrogen (secondary N) is 1. The van der Waals surface area contributed by atoms with Gasteiger partial charge in [-0.05, 0) is 26.0 Å². The highest BCUT2D eigenvalue weighted by Crippen LogP contribution is 2.07. The molecular weight excluding hydrogens is 236 g/mol. The summed E-state index contributed by atoms with van der Waals surface area (Å²) in [6.45, 7) is 5.87. The zero-order chi connectivity index (χ0) is 14.3. The average molecular weight is 261 g/mol. The first-order valence-electron chi connectivity index (χ1n) is 6.81. The van der Waals surface area contributed by atoms with E-state index in [1.54, 1.807) is 0 Å². The number of hydrogen-bond acceptors (Lipinski definition) is 1. The van der Waals surface area contributed by atoms with Gasteiger partial charge in [-0.15, -0.1) is 0 Å². The fraction of sp³-hybridized carbons (Fsp3) is 0.438. The third-order valence-corrected chi connectivity index (χ3v) is 2.77. The monoisotopic (exact) mass is 261 g/mol. The molecule has 0 bridgehead atoms. The Morgan fingerprint density at radius 3 is 2.37 bits per heavy atom. The summed E-state index contributed by atoms with van der Waals surface area (Å²) in [4.78, 5) is 15.7. The van der Waals surface area contributed by atoms with Gasteiger partial charge in [0.2, 0.25) is 0 Å². The first kappa shape index (κ1) is 15.4. The van der Waals surface area contributed by atoms with Crippen LogP contribution in [0.15, 0.2) is 42.1 Å². The van der Waals surface area contributed by atoms with Crippen LogP contribution in [0.1, 0.15) is 30.6 Å². The Labute approximate surface area is 116 Å². The Balaban J connectivity index is 2.74. The second kappa shape index (κ2) is 7.74. The van der Waals surface area contributed by atoms with Crippen molar-refractivity contribution in [3.8, 4) is 0 Å². The van der Waals surface area contributed by atoms with Crippen molar-refractivity contribution in [3.63, 3.8) is 0 Å². The Bertz CT molecular complexity index is 420. The maximum absolute atomic E-state index is 12.4. The molecule has 1 aromatic carbocycles. The third kappa shape index (κ3) is 5.71. The predicted octanol–water partition coefficient (Wildman–Crippen LogP) is 1.59. The van der Waals surface area contributed by atoms with Crippen LogP contribution >= 0.6 is 0 Å². The molecule has 0 radical (unpaired) electrons. The molecule has 19 heavy (non-hydrogen) atoms. The first-order valence-corrected chi connectivity index (χ1v) is 6.81. The van der Waals surface area contributed by atoms with Crippen molar-refractivity contribution in [2.45, 2.75) is 20.3 Å². The molecule has 0 saturated heterocycles. The molecule has 1 N–H and O–H groups in total. The normalized spacial score (nSPS) is 10.4. The van der Waals surface area contributed by atoms with Crippen molar-refractivity contribution < 1.29 is 9.69 Å². The van der Waals surface area contributed by atoms with Crippen LogP contribution in [0.2, 0.25) is 0 Å². The number of amides is 1. The van der Waals surface area contributed by atoms with Gasteiger partial charge in [0.15, 0.2) is 0 Å². The lowest BCUT2D eigenvalue weighted by molar-refractivity contribution is -0.858. The molecule has 0 unspecified atom stereocenters. The van der Waals surface area contributed by atoms with Gasteiger partial charge in [-0.3, -0.25) is 4.79 Å². The second-order valence-electron chi connectivity index (χ2n) is 5.38. The highest BCUT2D eigenvalue weighted by atomic mass is 16.2. The largest absolute Gasteiger partial charge is 0.340 e. The van der Waals surface area contributed by atoms with Gasteiger partial charge >= 0.3 is 0 Å². The number of allylic oxidation sites excluding steroid dienone is 1. The second-order valence-corrected chi connectivity index (χ2v) is 5.38. The lowest BCUT2D eigenvalue weighted by Gasteiger charge is -2.20. The molecule has 0 saturated carbocycles. The molecule has 1 amide bonds. The first-order chi connectivity index (χ1) is 9.00. The van der Waals surface area contributed by atoms with E-state index in [1.807, 2.05) is 55.3 Å². The number of hydrogen-bond donors (Lipinski definition) is 1. The number of rotatable bonds is 6. The molecule has 0 heterocycles. The molecule has 0 spiro atoms. The molecule has 1 aromatic rings. The Hall–Kier alpha value is -1.61. The summed E-state index contributed by atoms with van der Waals surface area (Å²) >= 11 is 0. The maximum Gasteiger partial charge on any atom is 0.257 e. The van der Waals surface area contributed by atoms with Gasteiger partial charge < -0.3 is 9.80 Å². The Morgan fingerprint density at radius 2 is 1.84 bits per heavy atom. The molecule has 0 aliphatic rings. The summed E-state index contributed by atoms with van der Waals surface area (Å²) in [7, 11) is 4.26. The fourth-order valence-electron chi connectivity index (χ4n) is 1.89. The zero-order valence-corrected chi connectivity index (χ0v) is 12.4. The van der Waals surface area contributed by atoms with Crippen LogP contribution in [0, 0.1) is 0 Å². The van der Waals surface area contributed by atoms with Gasteiger partial charge in [0.1, 0.15) is 0 Å². The van der Waals surface area contributed by atoms with Crippen molar-refractivity contribution in [1.29, 1.82) is 0 Å². The van der Waals surface area contributed by atoms with Crippen LogP contribution in [0.5, 0.6) is 0 Å². The average Bonchev–Trinajstić information content (AvgIpc) is 2.37. The van der Waals surface area contributed by atoms with Gasteiger partial charge in [0, 0.05) is 24.7 Å². The minimum Gasteiger partial charge on any atom is -0.340 e. The van der Waals surface area contributed by atoms with Crippen LogP contribution < -0.4 is 4.90 Å². The quantitative estimate of drug-likeness (QED) is 0.826. The molecule has 0 fully saturated rings. The number of carbonyl (C=O) groups excluding carboxylic acids is 1. The van der Waals surface area contributed by atoms with E-state index in [9.17, 15) is 4.79 Å². The maximum atomic E-state index is 12.4. The van der Waals surface area contributed by atoms with Crippen LogP contribution in [0.3, 0.4) is 0 Å². The van der Waals surface area contributed by atoms with Crippen LogP contribution in [0.4, 0.5) is 0 Å². The number of nitrogens with zero attached hydrogens (tertiary/aromatic N) is 1. The molecule has 0 atom stereocenters. The van der Waals surface area contributed by atoms with E-state index in [0.29, 0.717) is 0 Å². The van der Waals surface area contributed by atoms with Crippen molar-refractivity contribution >= 4 is 5.91 Å². The summed E-state index contributed by atoms with van der Waals surface area (Å²) in [5.74, 6) is 0.0792. The predicted molar refractivity (Wildman–Crippen MR) is 79.2 cm³/mol. The standard InChI is InChI=1S/C16H24N2O/c1-14(2)13-18(12-8-11-17(3)4)16(19)15-9-6-5-7-10-15/h5-7,9-10,13H,8,11-12H2,1-4H3/p+1. The smallest absolute Gasteiger partial charge is 0.257 e. The van der Waals surface area contributed by atoms with Gasteiger partial charge in [-0.1, -0.05) is 23.8 Å². The van der Waals surface area contributed by atoms with Gasteiger partial charge in [0.25, 0.3) is 5.91 Å². The van der Waals surface area contributed by atoms with Gasteiger partial charge in [0.05, 0.1) is 20.6 Å². The number of quaternary nitrogens is 1. The lowest BCUT2D eigenvalue weighted by atomic mass is 10.2. The highest BCUT2D eigenvalue weighted by molar-refractivity contribution is 5.94. The summed E-state index contributed by atoms with van der Waals surface area (Å²) in [6, 6.07) is 9.46. The van der Waals surface area contributed by atoms with Crippen molar-refractivity contribution in [3.05, 3.63) is 47.7 Å². The van der Waals surface area contributed by atoms with Crippen LogP contribution in [-0.4, -0.2) is 38.0 Å². The van der Waals surface area contributed by atoms with E-state index < -0.39 is 0 Å². The van der Waals surface area contributed by atoms with Crippen LogP contribution in [0.25, 0.3) is 0 Å². The molecule has 3 nitrogen and oxygen atoms in total. The van der Waals surface area contributed by atoms with E-state index >= 15 is 0 Å². The third-order valence-electron chi connectivity index (χ3n) is 2.77. The van der Waals surface area contributed by atoms with E-state index in [1.165, 1.54) is 4.90 Å². The summed E-state index contributed by atoms with van der Waals surface area (Å²) in [6.07, 6.45) is 2.95. The Morgan fingerprint density at radius 1 is 1.21 bits per heavy atom. The highest BCUT2D eigenvalue weighted by Gasteiger charge is 2.13. The minimum absolute atomic E-state index is 0.0792. The summed E-state index contributed by atoms with van der Waals surface area (Å²) < 4.78 is 0. The van der Waals surface area contributed by atoms with Gasteiger partial charge in [-0.2, -0.15) is 0 Å². The Kier molecular flexibility index (Phi) is 6.30. The molecule has 104 valence electrons. The number of benzene rings is 1. The summed E-state index contributed by atoms with van der Waals surface area (Å²) in [5.41, 5.74) is 1.89. The summed E-state index contributed by atoms with van der Waals surface area (Å²) in [5, 5.41) is 0. The van der Waals surface area contributed by atoms with Crippen molar-refractivity contribution in [1.82, 2.24) is 4.90 Å². The molecular formula is C16H25N2O+. The topological polar surface area (TPSA) is 24.8 Å². The van der Waals surface area contributed by atoms with E-state index in [4.69, 9.17) is 0 Å². The fourth-order valence-corrected chi connectivity index (χ4v) is 1.89. The lowest BCUT2D eigenvalue weighted by Crippen LogP contribution is -3.05. The van der Waals surface area contributed by atoms with Crippen molar-refractivity contribution in [2.75, 3.05) is 27.2 Å². The number of carbonyl (C=O) groups is 1. The van der Waals surface area contributed by atoms with Gasteiger partial charge in [-0.25, -0.2) is 0 Å². The SMILES string of the molecule is CC(C)=CN(CCC[NH+](C)C)C(=O)c1ccccc1. The molecule has 3 heteroatoms. The van der Waals surface area contributed by atoms with E-state index in [2.05, 4.69) is 14.1 Å². The van der Waals surface area contributed by atoms with Crippen LogP contribution in [-0.2, 0) is 0 Å². The molecule has 0 aliphatic heterocycles. The van der Waals surface area contributed by atoms with E-state index in [-0.39, 0.29) is 5.91 Å². The minimum atomic E-state index is 0.0792. The zero-order valence-electron chi connectivity index (χ0n) is 12.4. The van der Waals surface area contributed by atoms with E-state index in [0.717, 1.165) is 30.6 Å². The van der Waals surface area contributed by atoms with Crippen molar-refractivity contribution in [2.24, 2.45) is 0 Å².